The van der Waals surface area contributed by atoms with Crippen LogP contribution < -0.4 is 4.90 Å². The molecule has 0 N–H and O–H groups in total. The van der Waals surface area contributed by atoms with Crippen molar-refractivity contribution in [3.05, 3.63) is 52.6 Å². The minimum atomic E-state index is -0.310. The third-order valence-electron chi connectivity index (χ3n) is 5.43. The predicted molar refractivity (Wildman–Crippen MR) is 104 cm³/mol. The third-order valence-corrected chi connectivity index (χ3v) is 5.43. The Morgan fingerprint density at radius 2 is 1.93 bits per heavy atom. The molecule has 4 rings (SSSR count). The van der Waals surface area contributed by atoms with Gasteiger partial charge in [0.25, 0.3) is 0 Å². The Balaban J connectivity index is 1.47. The second kappa shape index (κ2) is 8.22. The zero-order valence-electron chi connectivity index (χ0n) is 16.2. The first-order chi connectivity index (χ1) is 13.6. The van der Waals surface area contributed by atoms with Crippen LogP contribution in [0.3, 0.4) is 0 Å². The first kappa shape index (κ1) is 18.8. The molecular formula is C21H25FN4O2. The van der Waals surface area contributed by atoms with Crippen LogP contribution in [0.15, 0.2) is 24.3 Å². The minimum Gasteiger partial charge on any atom is -0.378 e. The van der Waals surface area contributed by atoms with Crippen molar-refractivity contribution in [2.24, 2.45) is 0 Å². The van der Waals surface area contributed by atoms with E-state index in [0.717, 1.165) is 42.4 Å². The molecule has 1 saturated heterocycles. The highest BCUT2D eigenvalue weighted by Gasteiger charge is 2.23. The van der Waals surface area contributed by atoms with Gasteiger partial charge >= 0.3 is 0 Å². The lowest BCUT2D eigenvalue weighted by atomic mass is 10.1. The molecule has 0 radical (unpaired) electrons. The lowest BCUT2D eigenvalue weighted by Crippen LogP contribution is -2.37. The number of amides is 1. The molecule has 2 aliphatic rings. The van der Waals surface area contributed by atoms with E-state index in [1.807, 2.05) is 11.8 Å². The van der Waals surface area contributed by atoms with E-state index in [9.17, 15) is 9.18 Å². The van der Waals surface area contributed by atoms with Crippen LogP contribution in [-0.4, -0.2) is 60.2 Å². The van der Waals surface area contributed by atoms with Gasteiger partial charge in [0, 0.05) is 38.3 Å². The quantitative estimate of drug-likeness (QED) is 0.809. The fourth-order valence-electron chi connectivity index (χ4n) is 3.86. The Morgan fingerprint density at radius 3 is 2.71 bits per heavy atom. The standard InChI is InChI=1S/C21H25FN4O2/c1-15-18-5-7-25(20(27)14-16-3-2-4-17(22)13-16)8-6-19(18)24-21(23-15)26-9-11-28-12-10-26/h2-4,13H,5-12,14H2,1H3. The number of rotatable bonds is 3. The molecule has 0 atom stereocenters. The zero-order chi connectivity index (χ0) is 19.5. The van der Waals surface area contributed by atoms with Crippen LogP contribution in [-0.2, 0) is 28.8 Å². The number of halogens is 1. The number of carbonyl (C=O) groups is 1. The predicted octanol–water partition coefficient (Wildman–Crippen LogP) is 1.93. The van der Waals surface area contributed by atoms with Crippen LogP contribution in [0.1, 0.15) is 22.5 Å². The molecule has 0 saturated carbocycles. The van der Waals surface area contributed by atoms with E-state index in [-0.39, 0.29) is 18.1 Å². The van der Waals surface area contributed by atoms with Crippen LogP contribution >= 0.6 is 0 Å². The van der Waals surface area contributed by atoms with Gasteiger partial charge in [-0.2, -0.15) is 0 Å². The Hall–Kier alpha value is -2.54. The van der Waals surface area contributed by atoms with Crippen LogP contribution in [0.25, 0.3) is 0 Å². The number of hydrogen-bond donors (Lipinski definition) is 0. The maximum absolute atomic E-state index is 13.4. The summed E-state index contributed by atoms with van der Waals surface area (Å²) in [6, 6.07) is 6.25. The van der Waals surface area contributed by atoms with Gasteiger partial charge in [0.1, 0.15) is 5.82 Å². The molecule has 28 heavy (non-hydrogen) atoms. The number of fused-ring (bicyclic) bond motifs is 1. The molecule has 0 unspecified atom stereocenters. The van der Waals surface area contributed by atoms with E-state index in [1.54, 1.807) is 12.1 Å². The Bertz CT molecular complexity index is 867. The molecule has 7 heteroatoms. The summed E-state index contributed by atoms with van der Waals surface area (Å²) in [4.78, 5) is 26.3. The van der Waals surface area contributed by atoms with E-state index in [1.165, 1.54) is 12.1 Å². The Kier molecular flexibility index (Phi) is 5.52. The highest BCUT2D eigenvalue weighted by Crippen LogP contribution is 2.21. The molecule has 1 amide bonds. The van der Waals surface area contributed by atoms with Crippen molar-refractivity contribution in [2.75, 3.05) is 44.3 Å². The van der Waals surface area contributed by atoms with Gasteiger partial charge < -0.3 is 14.5 Å². The molecule has 1 fully saturated rings. The largest absolute Gasteiger partial charge is 0.378 e. The lowest BCUT2D eigenvalue weighted by Gasteiger charge is -2.27. The van der Waals surface area contributed by atoms with Crippen molar-refractivity contribution in [1.29, 1.82) is 0 Å². The summed E-state index contributed by atoms with van der Waals surface area (Å²) < 4.78 is 18.8. The molecule has 1 aromatic carbocycles. The number of ether oxygens (including phenoxy) is 1. The van der Waals surface area contributed by atoms with Crippen LogP contribution in [0, 0.1) is 12.7 Å². The van der Waals surface area contributed by atoms with Gasteiger partial charge in [-0.25, -0.2) is 14.4 Å². The highest BCUT2D eigenvalue weighted by molar-refractivity contribution is 5.79. The number of aryl methyl sites for hydroxylation is 1. The van der Waals surface area contributed by atoms with Gasteiger partial charge in [0.05, 0.1) is 25.3 Å². The number of aromatic nitrogens is 2. The second-order valence-electron chi connectivity index (χ2n) is 7.32. The zero-order valence-corrected chi connectivity index (χ0v) is 16.2. The van der Waals surface area contributed by atoms with Gasteiger partial charge in [-0.1, -0.05) is 12.1 Å². The van der Waals surface area contributed by atoms with E-state index < -0.39 is 0 Å². The van der Waals surface area contributed by atoms with Gasteiger partial charge in [-0.3, -0.25) is 4.79 Å². The van der Waals surface area contributed by atoms with E-state index in [0.29, 0.717) is 38.3 Å². The number of anilines is 1. The first-order valence-electron chi connectivity index (χ1n) is 9.81. The number of morpholine rings is 1. The second-order valence-corrected chi connectivity index (χ2v) is 7.32. The summed E-state index contributed by atoms with van der Waals surface area (Å²) in [7, 11) is 0. The van der Waals surface area contributed by atoms with Crippen LogP contribution in [0.2, 0.25) is 0 Å². The highest BCUT2D eigenvalue weighted by atomic mass is 19.1. The molecule has 6 nitrogen and oxygen atoms in total. The lowest BCUT2D eigenvalue weighted by molar-refractivity contribution is -0.130. The molecule has 0 bridgehead atoms. The summed E-state index contributed by atoms with van der Waals surface area (Å²) in [5.41, 5.74) is 3.89. The van der Waals surface area contributed by atoms with Crippen molar-refractivity contribution in [3.63, 3.8) is 0 Å². The molecule has 0 spiro atoms. The van der Waals surface area contributed by atoms with Crippen molar-refractivity contribution in [2.45, 2.75) is 26.2 Å². The monoisotopic (exact) mass is 384 g/mol. The van der Waals surface area contributed by atoms with Crippen molar-refractivity contribution >= 4 is 11.9 Å². The minimum absolute atomic E-state index is 0.0254. The van der Waals surface area contributed by atoms with Gasteiger partial charge in [-0.05, 0) is 36.6 Å². The van der Waals surface area contributed by atoms with Crippen LogP contribution in [0.4, 0.5) is 10.3 Å². The maximum Gasteiger partial charge on any atom is 0.227 e. The van der Waals surface area contributed by atoms with Crippen LogP contribution in [0.5, 0.6) is 0 Å². The Labute approximate surface area is 164 Å². The maximum atomic E-state index is 13.4. The van der Waals surface area contributed by atoms with Gasteiger partial charge in [0.15, 0.2) is 0 Å². The summed E-state index contributed by atoms with van der Waals surface area (Å²) in [5, 5.41) is 0. The SMILES string of the molecule is Cc1nc(N2CCOCC2)nc2c1CCN(C(=O)Cc1cccc(F)c1)CC2. The van der Waals surface area contributed by atoms with Gasteiger partial charge in [-0.15, -0.1) is 0 Å². The van der Waals surface area contributed by atoms with Crippen molar-refractivity contribution in [1.82, 2.24) is 14.9 Å². The topological polar surface area (TPSA) is 58.6 Å². The van der Waals surface area contributed by atoms with E-state index in [2.05, 4.69) is 4.90 Å². The first-order valence-corrected chi connectivity index (χ1v) is 9.81. The molecule has 2 aliphatic heterocycles. The summed E-state index contributed by atoms with van der Waals surface area (Å²) >= 11 is 0. The Morgan fingerprint density at radius 1 is 1.14 bits per heavy atom. The number of benzene rings is 1. The normalized spacial score (nSPS) is 17.2. The van der Waals surface area contributed by atoms with Gasteiger partial charge in [0.2, 0.25) is 11.9 Å². The number of carbonyl (C=O) groups excluding carboxylic acids is 1. The summed E-state index contributed by atoms with van der Waals surface area (Å²) in [6.07, 6.45) is 1.68. The van der Waals surface area contributed by atoms with Crippen molar-refractivity contribution in [3.8, 4) is 0 Å². The molecule has 2 aromatic rings. The molecule has 0 aliphatic carbocycles. The average Bonchev–Trinajstić information content (AvgIpc) is 2.92. The molecular weight excluding hydrogens is 359 g/mol. The van der Waals surface area contributed by atoms with E-state index in [4.69, 9.17) is 14.7 Å². The third kappa shape index (κ3) is 4.14. The summed E-state index contributed by atoms with van der Waals surface area (Å²) in [5.74, 6) is 0.478. The molecule has 1 aromatic heterocycles. The van der Waals surface area contributed by atoms with E-state index >= 15 is 0 Å². The smallest absolute Gasteiger partial charge is 0.227 e. The fraction of sp³-hybridized carbons (Fsp3) is 0.476. The number of hydrogen-bond acceptors (Lipinski definition) is 5. The number of nitrogens with zero attached hydrogens (tertiary/aromatic N) is 4. The summed E-state index contributed by atoms with van der Waals surface area (Å²) in [6.45, 7) is 6.29. The van der Waals surface area contributed by atoms with Crippen molar-refractivity contribution < 1.29 is 13.9 Å². The average molecular weight is 384 g/mol. The molecule has 148 valence electrons. The molecule has 3 heterocycles. The fourth-order valence-corrected chi connectivity index (χ4v) is 3.86.